The maximum Gasteiger partial charge on any atom is 0.183 e. The minimum absolute atomic E-state index is 0.0236. The average Bonchev–Trinajstić information content (AvgIpc) is 2.59. The fourth-order valence-corrected chi connectivity index (χ4v) is 4.97. The van der Waals surface area contributed by atoms with Gasteiger partial charge < -0.3 is 19.7 Å². The third-order valence-corrected chi connectivity index (χ3v) is 7.24. The standard InChI is InChI=1S/C23H44O4/c1-15(2)18-9-11-23(6,12-10-18)26-14-20(24)22(25)27-21-13-17(5)7-8-19(21)16(3)4/h15-22,24-25H,7-14H2,1-6H3. The van der Waals surface area contributed by atoms with Crippen LogP contribution in [0.15, 0.2) is 0 Å². The van der Waals surface area contributed by atoms with Crippen molar-refractivity contribution in [3.8, 4) is 0 Å². The molecule has 2 aliphatic rings. The van der Waals surface area contributed by atoms with E-state index in [1.807, 2.05) is 0 Å². The van der Waals surface area contributed by atoms with E-state index < -0.39 is 12.4 Å². The molecule has 4 nitrogen and oxygen atoms in total. The van der Waals surface area contributed by atoms with Crippen LogP contribution < -0.4 is 0 Å². The second-order valence-electron chi connectivity index (χ2n) is 10.3. The van der Waals surface area contributed by atoms with Gasteiger partial charge in [0.05, 0.1) is 18.3 Å². The molecule has 0 aromatic rings. The highest BCUT2D eigenvalue weighted by molar-refractivity contribution is 4.85. The molecule has 0 aromatic heterocycles. The van der Waals surface area contributed by atoms with Crippen LogP contribution in [0.5, 0.6) is 0 Å². The van der Waals surface area contributed by atoms with E-state index in [9.17, 15) is 10.2 Å². The SMILES string of the molecule is CC1CCC(C(C)C)C(OC(O)C(O)COC2(C)CCC(C(C)C)CC2)C1. The molecule has 0 radical (unpaired) electrons. The number of aliphatic hydroxyl groups excluding tert-OH is 2. The summed E-state index contributed by atoms with van der Waals surface area (Å²) in [7, 11) is 0. The van der Waals surface area contributed by atoms with Crippen LogP contribution in [-0.4, -0.2) is 40.9 Å². The lowest BCUT2D eigenvalue weighted by Gasteiger charge is -2.40. The molecule has 2 fully saturated rings. The predicted molar refractivity (Wildman–Crippen MR) is 109 cm³/mol. The van der Waals surface area contributed by atoms with Crippen LogP contribution in [0.1, 0.15) is 86.5 Å². The maximum absolute atomic E-state index is 10.4. The molecule has 0 aliphatic heterocycles. The van der Waals surface area contributed by atoms with E-state index >= 15 is 0 Å². The first kappa shape index (κ1) is 23.1. The van der Waals surface area contributed by atoms with Crippen LogP contribution in [0, 0.1) is 29.6 Å². The highest BCUT2D eigenvalue weighted by Gasteiger charge is 2.36. The van der Waals surface area contributed by atoms with Crippen LogP contribution in [0.4, 0.5) is 0 Å². The molecule has 0 saturated heterocycles. The van der Waals surface area contributed by atoms with Gasteiger partial charge in [-0.1, -0.05) is 41.0 Å². The predicted octanol–water partition coefficient (Wildman–Crippen LogP) is 4.76. The fraction of sp³-hybridized carbons (Fsp3) is 1.00. The zero-order chi connectivity index (χ0) is 20.2. The van der Waals surface area contributed by atoms with Crippen LogP contribution in [-0.2, 0) is 9.47 Å². The summed E-state index contributed by atoms with van der Waals surface area (Å²) in [6, 6.07) is 0. The van der Waals surface area contributed by atoms with Gasteiger partial charge >= 0.3 is 0 Å². The topological polar surface area (TPSA) is 58.9 Å². The molecular weight excluding hydrogens is 340 g/mol. The first-order valence-electron chi connectivity index (χ1n) is 11.3. The molecule has 160 valence electrons. The van der Waals surface area contributed by atoms with E-state index in [0.717, 1.165) is 37.5 Å². The van der Waals surface area contributed by atoms with E-state index in [4.69, 9.17) is 9.47 Å². The van der Waals surface area contributed by atoms with E-state index in [2.05, 4.69) is 41.5 Å². The van der Waals surface area contributed by atoms with Crippen molar-refractivity contribution >= 4 is 0 Å². The molecule has 5 atom stereocenters. The average molecular weight is 385 g/mol. The van der Waals surface area contributed by atoms with Crippen molar-refractivity contribution in [2.45, 2.75) is 111 Å². The van der Waals surface area contributed by atoms with Gasteiger partial charge in [0, 0.05) is 0 Å². The van der Waals surface area contributed by atoms with Crippen molar-refractivity contribution in [3.05, 3.63) is 0 Å². The molecule has 27 heavy (non-hydrogen) atoms. The van der Waals surface area contributed by atoms with Crippen LogP contribution in [0.25, 0.3) is 0 Å². The van der Waals surface area contributed by atoms with E-state index in [0.29, 0.717) is 17.8 Å². The Bertz CT molecular complexity index is 428. The van der Waals surface area contributed by atoms with Gasteiger partial charge in [0.2, 0.25) is 0 Å². The quantitative estimate of drug-likeness (QED) is 0.592. The minimum Gasteiger partial charge on any atom is -0.385 e. The third-order valence-electron chi connectivity index (χ3n) is 7.24. The number of rotatable bonds is 8. The van der Waals surface area contributed by atoms with Gasteiger partial charge in [-0.2, -0.15) is 0 Å². The molecule has 4 heteroatoms. The summed E-state index contributed by atoms with van der Waals surface area (Å²) >= 11 is 0. The molecular formula is C23H44O4. The largest absolute Gasteiger partial charge is 0.385 e. The first-order chi connectivity index (χ1) is 12.6. The van der Waals surface area contributed by atoms with Gasteiger partial charge in [-0.05, 0) is 75.0 Å². The summed E-state index contributed by atoms with van der Waals surface area (Å²) in [6.45, 7) is 13.5. The zero-order valence-corrected chi connectivity index (χ0v) is 18.5. The van der Waals surface area contributed by atoms with Crippen molar-refractivity contribution in [2.24, 2.45) is 29.6 Å². The Morgan fingerprint density at radius 3 is 2.15 bits per heavy atom. The van der Waals surface area contributed by atoms with Crippen LogP contribution in [0.2, 0.25) is 0 Å². The molecule has 2 saturated carbocycles. The molecule has 0 bridgehead atoms. The first-order valence-corrected chi connectivity index (χ1v) is 11.3. The second kappa shape index (κ2) is 10.0. The smallest absolute Gasteiger partial charge is 0.183 e. The second-order valence-corrected chi connectivity index (χ2v) is 10.3. The van der Waals surface area contributed by atoms with Crippen molar-refractivity contribution < 1.29 is 19.7 Å². The summed E-state index contributed by atoms with van der Waals surface area (Å²) in [5.74, 6) is 3.09. The summed E-state index contributed by atoms with van der Waals surface area (Å²) in [6.07, 6.45) is 5.59. The maximum atomic E-state index is 10.4. The Balaban J connectivity index is 1.80. The Kier molecular flexibility index (Phi) is 8.60. The lowest BCUT2D eigenvalue weighted by atomic mass is 9.75. The van der Waals surface area contributed by atoms with E-state index in [-0.39, 0.29) is 18.3 Å². The Hall–Kier alpha value is -0.160. The van der Waals surface area contributed by atoms with Gasteiger partial charge in [0.25, 0.3) is 0 Å². The van der Waals surface area contributed by atoms with Crippen LogP contribution in [0.3, 0.4) is 0 Å². The fourth-order valence-electron chi connectivity index (χ4n) is 4.97. The number of hydrogen-bond acceptors (Lipinski definition) is 4. The Morgan fingerprint density at radius 1 is 0.963 bits per heavy atom. The summed E-state index contributed by atoms with van der Waals surface area (Å²) in [5.41, 5.74) is -0.189. The van der Waals surface area contributed by atoms with Gasteiger partial charge in [-0.15, -0.1) is 0 Å². The van der Waals surface area contributed by atoms with E-state index in [1.165, 1.54) is 19.3 Å². The van der Waals surface area contributed by atoms with Gasteiger partial charge in [0.15, 0.2) is 6.29 Å². The Labute approximate surface area is 167 Å². The van der Waals surface area contributed by atoms with Crippen molar-refractivity contribution in [1.82, 2.24) is 0 Å². The van der Waals surface area contributed by atoms with Gasteiger partial charge in [0.1, 0.15) is 6.10 Å². The summed E-state index contributed by atoms with van der Waals surface area (Å²) < 4.78 is 12.0. The zero-order valence-electron chi connectivity index (χ0n) is 18.5. The van der Waals surface area contributed by atoms with Crippen molar-refractivity contribution in [2.75, 3.05) is 6.61 Å². The van der Waals surface area contributed by atoms with Gasteiger partial charge in [-0.3, -0.25) is 0 Å². The molecule has 2 rings (SSSR count). The Morgan fingerprint density at radius 2 is 1.59 bits per heavy atom. The highest BCUT2D eigenvalue weighted by Crippen LogP contribution is 2.38. The van der Waals surface area contributed by atoms with Gasteiger partial charge in [-0.25, -0.2) is 0 Å². The minimum atomic E-state index is -1.17. The summed E-state index contributed by atoms with van der Waals surface area (Å²) in [4.78, 5) is 0. The molecule has 0 aromatic carbocycles. The third kappa shape index (κ3) is 6.69. The molecule has 0 heterocycles. The van der Waals surface area contributed by atoms with Crippen molar-refractivity contribution in [3.63, 3.8) is 0 Å². The molecule has 2 N–H and O–H groups in total. The molecule has 0 spiro atoms. The number of hydrogen-bond donors (Lipinski definition) is 2. The molecule has 5 unspecified atom stereocenters. The lowest BCUT2D eigenvalue weighted by molar-refractivity contribution is -0.227. The number of ether oxygens (including phenoxy) is 2. The molecule has 0 amide bonds. The number of aliphatic hydroxyl groups is 2. The summed E-state index contributed by atoms with van der Waals surface area (Å²) in [5, 5.41) is 20.9. The highest BCUT2D eigenvalue weighted by atomic mass is 16.6. The molecule has 2 aliphatic carbocycles. The normalized spacial score (nSPS) is 37.6. The lowest BCUT2D eigenvalue weighted by Crippen LogP contribution is -2.44. The van der Waals surface area contributed by atoms with E-state index in [1.54, 1.807) is 0 Å². The monoisotopic (exact) mass is 384 g/mol. The van der Waals surface area contributed by atoms with Crippen molar-refractivity contribution in [1.29, 1.82) is 0 Å². The van der Waals surface area contributed by atoms with Crippen LogP contribution >= 0.6 is 0 Å².